The van der Waals surface area contributed by atoms with Crippen LogP contribution in [0, 0.1) is 0 Å². The molecule has 0 saturated heterocycles. The van der Waals surface area contributed by atoms with Gasteiger partial charge in [0.25, 0.3) is 0 Å². The highest BCUT2D eigenvalue weighted by Gasteiger charge is 2.30. The van der Waals surface area contributed by atoms with Crippen molar-refractivity contribution in [1.29, 1.82) is 0 Å². The molecule has 20 heavy (non-hydrogen) atoms. The summed E-state index contributed by atoms with van der Waals surface area (Å²) in [5.41, 5.74) is 0.921. The minimum absolute atomic E-state index is 0.393. The molecule has 0 N–H and O–H groups in total. The lowest BCUT2D eigenvalue weighted by Crippen LogP contribution is -2.05. The summed E-state index contributed by atoms with van der Waals surface area (Å²) in [6.07, 6.45) is -3.82. The van der Waals surface area contributed by atoms with Gasteiger partial charge in [-0.15, -0.1) is 11.6 Å². The number of rotatable bonds is 3. The molecule has 0 nitrogen and oxygen atoms in total. The topological polar surface area (TPSA) is 0 Å². The molecule has 0 aliphatic rings. The summed E-state index contributed by atoms with van der Waals surface area (Å²) >= 11 is 12.1. The molecule has 0 spiro atoms. The Morgan fingerprint density at radius 3 is 2.20 bits per heavy atom. The van der Waals surface area contributed by atoms with Gasteiger partial charge in [0.1, 0.15) is 0 Å². The van der Waals surface area contributed by atoms with Gasteiger partial charge >= 0.3 is 6.18 Å². The van der Waals surface area contributed by atoms with Crippen LogP contribution in [0.25, 0.3) is 0 Å². The van der Waals surface area contributed by atoms with E-state index < -0.39 is 17.1 Å². The van der Waals surface area contributed by atoms with Crippen molar-refractivity contribution in [3.63, 3.8) is 0 Å². The maximum Gasteiger partial charge on any atom is 0.416 e. The summed E-state index contributed by atoms with van der Waals surface area (Å²) < 4.78 is 37.4. The van der Waals surface area contributed by atoms with Gasteiger partial charge in [-0.05, 0) is 41.8 Å². The maximum atomic E-state index is 12.5. The monoisotopic (exact) mass is 318 g/mol. The van der Waals surface area contributed by atoms with Crippen molar-refractivity contribution < 1.29 is 13.2 Å². The van der Waals surface area contributed by atoms with Crippen molar-refractivity contribution >= 4 is 23.2 Å². The van der Waals surface area contributed by atoms with E-state index in [0.717, 1.165) is 17.7 Å². The highest BCUT2D eigenvalue weighted by Crippen LogP contribution is 2.32. The van der Waals surface area contributed by atoms with Gasteiger partial charge in [0.15, 0.2) is 0 Å². The molecule has 5 heteroatoms. The Morgan fingerprint density at radius 2 is 1.65 bits per heavy atom. The third-order valence-electron chi connectivity index (χ3n) is 2.90. The molecule has 106 valence electrons. The zero-order chi connectivity index (χ0) is 14.8. The van der Waals surface area contributed by atoms with E-state index in [1.165, 1.54) is 12.1 Å². The van der Waals surface area contributed by atoms with Crippen molar-refractivity contribution in [2.24, 2.45) is 0 Å². The third kappa shape index (κ3) is 3.90. The molecule has 0 aliphatic carbocycles. The van der Waals surface area contributed by atoms with E-state index in [-0.39, 0.29) is 0 Å². The van der Waals surface area contributed by atoms with E-state index in [1.54, 1.807) is 12.1 Å². The molecule has 0 fully saturated rings. The smallest absolute Gasteiger partial charge is 0.166 e. The molecule has 2 aromatic rings. The molecular formula is C15H11Cl2F3. The highest BCUT2D eigenvalue weighted by molar-refractivity contribution is 6.30. The number of alkyl halides is 4. The van der Waals surface area contributed by atoms with Crippen LogP contribution in [0.3, 0.4) is 0 Å². The number of halogens is 5. The molecule has 0 aliphatic heterocycles. The molecule has 0 saturated carbocycles. The van der Waals surface area contributed by atoms with Crippen LogP contribution >= 0.6 is 23.2 Å². The standard InChI is InChI=1S/C15H11Cl2F3/c16-13-3-1-2-10(8-13)9-14(17)11-4-6-12(7-5-11)15(18,19)20/h1-8,14H,9H2. The SMILES string of the molecule is FC(F)(F)c1ccc(C(Cl)Cc2cccc(Cl)c2)cc1. The number of hydrogen-bond donors (Lipinski definition) is 0. The normalized spacial score (nSPS) is 13.2. The molecular weight excluding hydrogens is 308 g/mol. The lowest BCUT2D eigenvalue weighted by Gasteiger charge is -2.12. The molecule has 0 aromatic heterocycles. The fourth-order valence-corrected chi connectivity index (χ4v) is 2.41. The molecule has 0 radical (unpaired) electrons. The van der Waals surface area contributed by atoms with Crippen LogP contribution in [0.1, 0.15) is 22.1 Å². The Labute approximate surface area is 125 Å². The van der Waals surface area contributed by atoms with Crippen molar-refractivity contribution in [2.75, 3.05) is 0 Å². The molecule has 0 bridgehead atoms. The van der Waals surface area contributed by atoms with E-state index in [9.17, 15) is 13.2 Å². The van der Waals surface area contributed by atoms with Gasteiger partial charge in [0.2, 0.25) is 0 Å². The second-order valence-electron chi connectivity index (χ2n) is 4.42. The number of hydrogen-bond acceptors (Lipinski definition) is 0. The Bertz CT molecular complexity index is 576. The summed E-state index contributed by atoms with van der Waals surface area (Å²) in [7, 11) is 0. The summed E-state index contributed by atoms with van der Waals surface area (Å²) in [6.45, 7) is 0. The largest absolute Gasteiger partial charge is 0.416 e. The average Bonchev–Trinajstić information content (AvgIpc) is 2.38. The van der Waals surface area contributed by atoms with Crippen molar-refractivity contribution in [3.8, 4) is 0 Å². The van der Waals surface area contributed by atoms with E-state index in [1.807, 2.05) is 12.1 Å². The van der Waals surface area contributed by atoms with Crippen LogP contribution in [-0.2, 0) is 12.6 Å². The van der Waals surface area contributed by atoms with Gasteiger partial charge in [-0.2, -0.15) is 13.2 Å². The van der Waals surface area contributed by atoms with Gasteiger partial charge in [-0.25, -0.2) is 0 Å². The van der Waals surface area contributed by atoms with Crippen LogP contribution in [0.15, 0.2) is 48.5 Å². The Kier molecular flexibility index (Phi) is 4.61. The minimum Gasteiger partial charge on any atom is -0.166 e. The molecule has 2 aromatic carbocycles. The highest BCUT2D eigenvalue weighted by atomic mass is 35.5. The quantitative estimate of drug-likeness (QED) is 0.620. The summed E-state index contributed by atoms with van der Waals surface area (Å²) in [6, 6.07) is 12.1. The minimum atomic E-state index is -4.33. The van der Waals surface area contributed by atoms with Crippen molar-refractivity contribution in [2.45, 2.75) is 18.0 Å². The first-order chi connectivity index (χ1) is 9.36. The molecule has 0 amide bonds. The van der Waals surface area contributed by atoms with E-state index in [0.29, 0.717) is 17.0 Å². The van der Waals surface area contributed by atoms with Crippen LogP contribution in [-0.4, -0.2) is 0 Å². The second kappa shape index (κ2) is 6.06. The fourth-order valence-electron chi connectivity index (χ4n) is 1.87. The first-order valence-corrected chi connectivity index (χ1v) is 6.73. The van der Waals surface area contributed by atoms with E-state index in [4.69, 9.17) is 23.2 Å². The Balaban J connectivity index is 2.11. The van der Waals surface area contributed by atoms with Gasteiger partial charge in [0, 0.05) is 5.02 Å². The van der Waals surface area contributed by atoms with Crippen molar-refractivity contribution in [1.82, 2.24) is 0 Å². The molecule has 0 heterocycles. The average molecular weight is 319 g/mol. The third-order valence-corrected chi connectivity index (χ3v) is 3.55. The zero-order valence-electron chi connectivity index (χ0n) is 10.3. The van der Waals surface area contributed by atoms with Crippen molar-refractivity contribution in [3.05, 3.63) is 70.2 Å². The predicted octanol–water partition coefficient (Wildman–Crippen LogP) is 5.88. The molecule has 2 rings (SSSR count). The fraction of sp³-hybridized carbons (Fsp3) is 0.200. The van der Waals surface area contributed by atoms with Crippen LogP contribution in [0.5, 0.6) is 0 Å². The Morgan fingerprint density at radius 1 is 1.00 bits per heavy atom. The van der Waals surface area contributed by atoms with Gasteiger partial charge in [-0.1, -0.05) is 35.9 Å². The summed E-state index contributed by atoms with van der Waals surface area (Å²) in [5.74, 6) is 0. The molecule has 1 unspecified atom stereocenters. The van der Waals surface area contributed by atoms with E-state index >= 15 is 0 Å². The van der Waals surface area contributed by atoms with Crippen LogP contribution < -0.4 is 0 Å². The lowest BCUT2D eigenvalue weighted by atomic mass is 10.0. The zero-order valence-corrected chi connectivity index (χ0v) is 11.8. The predicted molar refractivity (Wildman–Crippen MR) is 75.2 cm³/mol. The second-order valence-corrected chi connectivity index (χ2v) is 5.38. The van der Waals surface area contributed by atoms with Gasteiger partial charge in [0.05, 0.1) is 10.9 Å². The van der Waals surface area contributed by atoms with Crippen LogP contribution in [0.4, 0.5) is 13.2 Å². The first-order valence-electron chi connectivity index (χ1n) is 5.92. The first kappa shape index (κ1) is 15.2. The summed E-state index contributed by atoms with van der Waals surface area (Å²) in [5, 5.41) is 0.217. The summed E-state index contributed by atoms with van der Waals surface area (Å²) in [4.78, 5) is 0. The molecule has 1 atom stereocenters. The van der Waals surface area contributed by atoms with Gasteiger partial charge in [-0.3, -0.25) is 0 Å². The number of benzene rings is 2. The van der Waals surface area contributed by atoms with Crippen LogP contribution in [0.2, 0.25) is 5.02 Å². The van der Waals surface area contributed by atoms with Gasteiger partial charge < -0.3 is 0 Å². The van der Waals surface area contributed by atoms with E-state index in [2.05, 4.69) is 0 Å². The lowest BCUT2D eigenvalue weighted by molar-refractivity contribution is -0.137. The maximum absolute atomic E-state index is 12.5. The Hall–Kier alpha value is -1.19.